The van der Waals surface area contributed by atoms with Crippen LogP contribution in [0.3, 0.4) is 0 Å². The van der Waals surface area contributed by atoms with E-state index in [1.54, 1.807) is 0 Å². The van der Waals surface area contributed by atoms with Gasteiger partial charge in [-0.05, 0) is 24.1 Å². The van der Waals surface area contributed by atoms with Crippen LogP contribution in [0.2, 0.25) is 0 Å². The second-order valence-electron chi connectivity index (χ2n) is 3.18. The molecule has 0 fully saturated rings. The van der Waals surface area contributed by atoms with E-state index in [4.69, 9.17) is 5.14 Å². The van der Waals surface area contributed by atoms with Gasteiger partial charge in [0.15, 0.2) is 0 Å². The molecule has 0 unspecified atom stereocenters. The Bertz CT molecular complexity index is 494. The summed E-state index contributed by atoms with van der Waals surface area (Å²) in [4.78, 5) is -0.468. The molecule has 16 heavy (non-hydrogen) atoms. The maximum Gasteiger partial charge on any atom is 0.416 e. The lowest BCUT2D eigenvalue weighted by Crippen LogP contribution is -2.18. The SMILES string of the molecule is CCc1c(C(F)(F)F)cccc1S(N)(=O)=O. The second-order valence-corrected chi connectivity index (χ2v) is 4.71. The van der Waals surface area contributed by atoms with E-state index in [0.29, 0.717) is 0 Å². The first-order chi connectivity index (χ1) is 7.18. The number of primary sulfonamides is 1. The third kappa shape index (κ3) is 2.53. The molecular weight excluding hydrogens is 243 g/mol. The van der Waals surface area contributed by atoms with E-state index < -0.39 is 26.7 Å². The number of halogens is 3. The average Bonchev–Trinajstić information content (AvgIpc) is 2.13. The molecule has 2 N–H and O–H groups in total. The molecule has 0 bridgehead atoms. The smallest absolute Gasteiger partial charge is 0.225 e. The molecule has 0 amide bonds. The lowest BCUT2D eigenvalue weighted by atomic mass is 10.1. The summed E-state index contributed by atoms with van der Waals surface area (Å²) in [5.41, 5.74) is -1.25. The van der Waals surface area contributed by atoms with Gasteiger partial charge in [-0.25, -0.2) is 13.6 Å². The van der Waals surface area contributed by atoms with Crippen molar-refractivity contribution >= 4 is 10.0 Å². The third-order valence-electron chi connectivity index (χ3n) is 2.10. The maximum atomic E-state index is 12.6. The molecular formula is C9H10F3NO2S. The van der Waals surface area contributed by atoms with Crippen molar-refractivity contribution in [2.75, 3.05) is 0 Å². The van der Waals surface area contributed by atoms with Crippen LogP contribution in [0.1, 0.15) is 18.1 Å². The van der Waals surface area contributed by atoms with Crippen molar-refractivity contribution < 1.29 is 21.6 Å². The zero-order valence-corrected chi connectivity index (χ0v) is 9.19. The summed E-state index contributed by atoms with van der Waals surface area (Å²) in [5.74, 6) is 0. The molecule has 1 aromatic rings. The van der Waals surface area contributed by atoms with Crippen LogP contribution in [-0.4, -0.2) is 8.42 Å². The lowest BCUT2D eigenvalue weighted by Gasteiger charge is -2.14. The minimum atomic E-state index is -4.58. The molecule has 0 heterocycles. The Kier molecular flexibility index (Phi) is 3.30. The quantitative estimate of drug-likeness (QED) is 0.875. The average molecular weight is 253 g/mol. The number of sulfonamides is 1. The fraction of sp³-hybridized carbons (Fsp3) is 0.333. The highest BCUT2D eigenvalue weighted by atomic mass is 32.2. The highest BCUT2D eigenvalue weighted by Gasteiger charge is 2.34. The third-order valence-corrected chi connectivity index (χ3v) is 3.09. The van der Waals surface area contributed by atoms with Crippen LogP contribution in [0.4, 0.5) is 13.2 Å². The Morgan fingerprint density at radius 3 is 2.25 bits per heavy atom. The molecule has 0 spiro atoms. The summed E-state index contributed by atoms with van der Waals surface area (Å²) < 4.78 is 59.9. The Hall–Kier alpha value is -1.08. The first kappa shape index (κ1) is 13.0. The molecule has 0 radical (unpaired) electrons. The van der Waals surface area contributed by atoms with Gasteiger partial charge in [-0.15, -0.1) is 0 Å². The molecule has 1 aromatic carbocycles. The molecule has 0 aromatic heterocycles. The summed E-state index contributed by atoms with van der Waals surface area (Å²) in [7, 11) is -4.13. The van der Waals surface area contributed by atoms with Crippen molar-refractivity contribution in [1.82, 2.24) is 0 Å². The van der Waals surface area contributed by atoms with Gasteiger partial charge in [0.05, 0.1) is 10.5 Å². The minimum Gasteiger partial charge on any atom is -0.225 e. The first-order valence-corrected chi connectivity index (χ1v) is 5.94. The zero-order chi connectivity index (χ0) is 12.6. The van der Waals surface area contributed by atoms with E-state index in [1.165, 1.54) is 6.92 Å². The van der Waals surface area contributed by atoms with Gasteiger partial charge in [0, 0.05) is 0 Å². The number of benzene rings is 1. The van der Waals surface area contributed by atoms with Crippen LogP contribution in [0.5, 0.6) is 0 Å². The fourth-order valence-corrected chi connectivity index (χ4v) is 2.33. The lowest BCUT2D eigenvalue weighted by molar-refractivity contribution is -0.138. The van der Waals surface area contributed by atoms with Crippen molar-refractivity contribution in [3.63, 3.8) is 0 Å². The van der Waals surface area contributed by atoms with Crippen molar-refractivity contribution in [2.45, 2.75) is 24.4 Å². The van der Waals surface area contributed by atoms with Gasteiger partial charge in [-0.1, -0.05) is 13.0 Å². The van der Waals surface area contributed by atoms with Crippen LogP contribution in [0, 0.1) is 0 Å². The van der Waals surface area contributed by atoms with Crippen LogP contribution in [0.15, 0.2) is 23.1 Å². The largest absolute Gasteiger partial charge is 0.416 e. The normalized spacial score (nSPS) is 12.8. The van der Waals surface area contributed by atoms with Gasteiger partial charge in [-0.2, -0.15) is 13.2 Å². The van der Waals surface area contributed by atoms with Crippen LogP contribution < -0.4 is 5.14 Å². The van der Waals surface area contributed by atoms with E-state index in [9.17, 15) is 21.6 Å². The number of rotatable bonds is 2. The summed E-state index contributed by atoms with van der Waals surface area (Å²) in [5, 5.41) is 4.85. The monoisotopic (exact) mass is 253 g/mol. The van der Waals surface area contributed by atoms with E-state index >= 15 is 0 Å². The number of hydrogen-bond donors (Lipinski definition) is 1. The maximum absolute atomic E-state index is 12.6. The van der Waals surface area contributed by atoms with E-state index in [1.807, 2.05) is 0 Å². The molecule has 7 heteroatoms. The Labute approximate surface area is 91.1 Å². The van der Waals surface area contributed by atoms with E-state index in [2.05, 4.69) is 0 Å². The molecule has 0 saturated carbocycles. The Balaban J connectivity index is 3.57. The standard InChI is InChI=1S/C9H10F3NO2S/c1-2-6-7(9(10,11)12)4-3-5-8(6)16(13,14)15/h3-5H,2H2,1H3,(H2,13,14,15). The molecule has 0 saturated heterocycles. The summed E-state index contributed by atoms with van der Waals surface area (Å²) in [6, 6.07) is 2.94. The molecule has 0 aliphatic carbocycles. The van der Waals surface area contributed by atoms with E-state index in [0.717, 1.165) is 18.2 Å². The van der Waals surface area contributed by atoms with Gasteiger partial charge in [0.1, 0.15) is 0 Å². The first-order valence-electron chi connectivity index (χ1n) is 4.39. The fourth-order valence-electron chi connectivity index (χ4n) is 1.46. The highest BCUT2D eigenvalue weighted by molar-refractivity contribution is 7.89. The Morgan fingerprint density at radius 1 is 1.31 bits per heavy atom. The molecule has 1 rings (SSSR count). The van der Waals surface area contributed by atoms with Crippen molar-refractivity contribution in [3.8, 4) is 0 Å². The van der Waals surface area contributed by atoms with Crippen molar-refractivity contribution in [3.05, 3.63) is 29.3 Å². The van der Waals surface area contributed by atoms with Gasteiger partial charge in [-0.3, -0.25) is 0 Å². The van der Waals surface area contributed by atoms with Crippen LogP contribution in [0.25, 0.3) is 0 Å². The highest BCUT2D eigenvalue weighted by Crippen LogP contribution is 2.34. The molecule has 0 atom stereocenters. The zero-order valence-electron chi connectivity index (χ0n) is 8.38. The van der Waals surface area contributed by atoms with Crippen molar-refractivity contribution in [2.24, 2.45) is 5.14 Å². The van der Waals surface area contributed by atoms with E-state index in [-0.39, 0.29) is 12.0 Å². The molecule has 90 valence electrons. The van der Waals surface area contributed by atoms with Crippen molar-refractivity contribution in [1.29, 1.82) is 0 Å². The predicted octanol–water partition coefficient (Wildman–Crippen LogP) is 1.92. The minimum absolute atomic E-state index is 0.0541. The molecule has 0 aliphatic heterocycles. The topological polar surface area (TPSA) is 60.2 Å². The Morgan fingerprint density at radius 2 is 1.88 bits per heavy atom. The van der Waals surface area contributed by atoms with Crippen LogP contribution >= 0.6 is 0 Å². The number of nitrogens with two attached hydrogens (primary N) is 1. The van der Waals surface area contributed by atoms with Gasteiger partial charge < -0.3 is 0 Å². The summed E-state index contributed by atoms with van der Waals surface area (Å²) >= 11 is 0. The summed E-state index contributed by atoms with van der Waals surface area (Å²) in [6.07, 6.45) is -4.63. The predicted molar refractivity (Wildman–Crippen MR) is 52.2 cm³/mol. The molecule has 3 nitrogen and oxygen atoms in total. The van der Waals surface area contributed by atoms with Crippen LogP contribution in [-0.2, 0) is 22.6 Å². The van der Waals surface area contributed by atoms with Gasteiger partial charge >= 0.3 is 6.18 Å². The number of alkyl halides is 3. The van der Waals surface area contributed by atoms with Gasteiger partial charge in [0.2, 0.25) is 10.0 Å². The van der Waals surface area contributed by atoms with Gasteiger partial charge in [0.25, 0.3) is 0 Å². The second kappa shape index (κ2) is 4.06. The summed E-state index contributed by atoms with van der Waals surface area (Å²) in [6.45, 7) is 1.44. The molecule has 0 aliphatic rings. The number of hydrogen-bond acceptors (Lipinski definition) is 2.